The number of aliphatic hydroxyl groups excluding tert-OH is 1. The van der Waals surface area contributed by atoms with Crippen LogP contribution < -0.4 is 0 Å². The van der Waals surface area contributed by atoms with Crippen LogP contribution in [0.2, 0.25) is 0 Å². The lowest BCUT2D eigenvalue weighted by molar-refractivity contribution is -0.137. The van der Waals surface area contributed by atoms with Crippen molar-refractivity contribution in [2.24, 2.45) is 0 Å². The Morgan fingerprint density at radius 1 is 1.25 bits per heavy atom. The number of halogens is 3. The third-order valence-electron chi connectivity index (χ3n) is 2.49. The number of rotatable bonds is 4. The number of hydrogen-bond acceptors (Lipinski definition) is 5. The fourth-order valence-corrected chi connectivity index (χ4v) is 3.29. The molecule has 0 aliphatic carbocycles. The smallest absolute Gasteiger partial charge is 0.388 e. The highest BCUT2D eigenvalue weighted by atomic mass is 32.2. The molecule has 0 saturated heterocycles. The summed E-state index contributed by atoms with van der Waals surface area (Å²) < 4.78 is 38.0. The van der Waals surface area contributed by atoms with Gasteiger partial charge < -0.3 is 5.11 Å². The van der Waals surface area contributed by atoms with Crippen molar-refractivity contribution >= 4 is 23.1 Å². The summed E-state index contributed by atoms with van der Waals surface area (Å²) in [7, 11) is 0. The van der Waals surface area contributed by atoms with E-state index in [9.17, 15) is 18.3 Å². The molecule has 1 aromatic heterocycles. The van der Waals surface area contributed by atoms with Crippen LogP contribution in [0.3, 0.4) is 0 Å². The topological polar surface area (TPSA) is 46.0 Å². The van der Waals surface area contributed by atoms with E-state index in [4.69, 9.17) is 0 Å². The van der Waals surface area contributed by atoms with E-state index >= 15 is 0 Å². The van der Waals surface area contributed by atoms with Crippen LogP contribution in [0.4, 0.5) is 13.2 Å². The van der Waals surface area contributed by atoms with Crippen molar-refractivity contribution in [3.05, 3.63) is 40.4 Å². The van der Waals surface area contributed by atoms with E-state index in [1.54, 1.807) is 0 Å². The fourth-order valence-electron chi connectivity index (χ4n) is 1.48. The highest BCUT2D eigenvalue weighted by molar-refractivity contribution is 8.01. The third-order valence-corrected chi connectivity index (χ3v) is 4.54. The minimum atomic E-state index is -4.36. The molecule has 0 fully saturated rings. The second-order valence-corrected chi connectivity index (χ2v) is 6.48. The van der Waals surface area contributed by atoms with Gasteiger partial charge in [0, 0.05) is 5.75 Å². The van der Waals surface area contributed by atoms with Crippen molar-refractivity contribution in [1.82, 2.24) is 10.2 Å². The molecule has 20 heavy (non-hydrogen) atoms. The van der Waals surface area contributed by atoms with Crippen molar-refractivity contribution in [2.45, 2.75) is 23.5 Å². The maximum absolute atomic E-state index is 12.4. The molecule has 0 unspecified atom stereocenters. The molecule has 0 saturated carbocycles. The Kier molecular flexibility index (Phi) is 4.66. The summed E-state index contributed by atoms with van der Waals surface area (Å²) >= 11 is 2.74. The Bertz CT molecular complexity index is 569. The fraction of sp³-hybridized carbons (Fsp3) is 0.333. The van der Waals surface area contributed by atoms with E-state index in [0.29, 0.717) is 11.3 Å². The molecule has 0 radical (unpaired) electrons. The summed E-state index contributed by atoms with van der Waals surface area (Å²) in [6.45, 7) is 1.83. The number of thioether (sulfide) groups is 1. The Balaban J connectivity index is 1.97. The SMILES string of the molecule is Cc1nnc(SC[C@H](O)c2ccc(C(F)(F)F)cc2)s1. The zero-order valence-electron chi connectivity index (χ0n) is 10.4. The second-order valence-electron chi connectivity index (χ2n) is 4.03. The van der Waals surface area contributed by atoms with Gasteiger partial charge in [-0.15, -0.1) is 10.2 Å². The molecular formula is C12H11F3N2OS2. The molecule has 1 heterocycles. The zero-order valence-corrected chi connectivity index (χ0v) is 12.0. The van der Waals surface area contributed by atoms with Gasteiger partial charge in [-0.2, -0.15) is 13.2 Å². The molecule has 1 N–H and O–H groups in total. The molecule has 0 bridgehead atoms. The van der Waals surface area contributed by atoms with Gasteiger partial charge in [0.15, 0.2) is 4.34 Å². The lowest BCUT2D eigenvalue weighted by Gasteiger charge is -2.11. The number of alkyl halides is 3. The molecule has 2 rings (SSSR count). The highest BCUT2D eigenvalue weighted by Gasteiger charge is 2.30. The normalized spacial score (nSPS) is 13.4. The molecule has 3 nitrogen and oxygen atoms in total. The standard InChI is InChI=1S/C12H11F3N2OS2/c1-7-16-17-11(20-7)19-6-10(18)8-2-4-9(5-3-8)12(13,14)15/h2-5,10,18H,6H2,1H3/t10-/m0/s1. The molecule has 0 spiro atoms. The van der Waals surface area contributed by atoms with Gasteiger partial charge >= 0.3 is 6.18 Å². The maximum atomic E-state index is 12.4. The van der Waals surface area contributed by atoms with Gasteiger partial charge in [-0.05, 0) is 24.6 Å². The maximum Gasteiger partial charge on any atom is 0.416 e. The van der Waals surface area contributed by atoms with Crippen LogP contribution >= 0.6 is 23.1 Å². The minimum Gasteiger partial charge on any atom is -0.388 e. The number of nitrogens with zero attached hydrogens (tertiary/aromatic N) is 2. The van der Waals surface area contributed by atoms with E-state index in [2.05, 4.69) is 10.2 Å². The van der Waals surface area contributed by atoms with E-state index in [0.717, 1.165) is 21.5 Å². The Morgan fingerprint density at radius 2 is 1.90 bits per heavy atom. The molecule has 8 heteroatoms. The van der Waals surface area contributed by atoms with E-state index in [1.807, 2.05) is 6.92 Å². The first-order chi connectivity index (χ1) is 9.36. The predicted octanol–water partition coefficient (Wildman–Crippen LogP) is 3.69. The molecule has 2 aromatic rings. The average molecular weight is 320 g/mol. The van der Waals surface area contributed by atoms with Crippen LogP contribution in [0.1, 0.15) is 22.2 Å². The summed E-state index contributed by atoms with van der Waals surface area (Å²) in [5.74, 6) is 0.319. The van der Waals surface area contributed by atoms with Crippen LogP contribution in [-0.2, 0) is 6.18 Å². The number of aliphatic hydroxyl groups is 1. The van der Waals surface area contributed by atoms with E-state index < -0.39 is 17.8 Å². The zero-order chi connectivity index (χ0) is 14.8. The number of aryl methyl sites for hydroxylation is 1. The summed E-state index contributed by atoms with van der Waals surface area (Å²) in [6.07, 6.45) is -5.20. The van der Waals surface area contributed by atoms with Crippen molar-refractivity contribution in [3.8, 4) is 0 Å². The van der Waals surface area contributed by atoms with Crippen LogP contribution in [0.25, 0.3) is 0 Å². The molecule has 0 amide bonds. The molecule has 108 valence electrons. The van der Waals surface area contributed by atoms with Gasteiger partial charge in [-0.1, -0.05) is 35.2 Å². The Morgan fingerprint density at radius 3 is 2.40 bits per heavy atom. The number of benzene rings is 1. The minimum absolute atomic E-state index is 0.319. The monoisotopic (exact) mass is 320 g/mol. The van der Waals surface area contributed by atoms with Crippen molar-refractivity contribution in [1.29, 1.82) is 0 Å². The van der Waals surface area contributed by atoms with Crippen LogP contribution in [0.5, 0.6) is 0 Å². The molecule has 1 aromatic carbocycles. The number of hydrogen-bond donors (Lipinski definition) is 1. The molecule has 1 atom stereocenters. The summed E-state index contributed by atoms with van der Waals surface area (Å²) in [4.78, 5) is 0. The van der Waals surface area contributed by atoms with Gasteiger partial charge in [-0.25, -0.2) is 0 Å². The van der Waals surface area contributed by atoms with Crippen molar-refractivity contribution in [3.63, 3.8) is 0 Å². The average Bonchev–Trinajstić information content (AvgIpc) is 2.81. The number of aromatic nitrogens is 2. The predicted molar refractivity (Wildman–Crippen MR) is 71.8 cm³/mol. The van der Waals surface area contributed by atoms with E-state index in [1.165, 1.54) is 35.2 Å². The van der Waals surface area contributed by atoms with Crippen LogP contribution in [0, 0.1) is 6.92 Å². The summed E-state index contributed by atoms with van der Waals surface area (Å²) in [5, 5.41) is 18.5. The van der Waals surface area contributed by atoms with Gasteiger partial charge in [0.1, 0.15) is 5.01 Å². The van der Waals surface area contributed by atoms with Crippen LogP contribution in [0.15, 0.2) is 28.6 Å². The lowest BCUT2D eigenvalue weighted by Crippen LogP contribution is -2.06. The van der Waals surface area contributed by atoms with Crippen molar-refractivity contribution < 1.29 is 18.3 Å². The van der Waals surface area contributed by atoms with Gasteiger partial charge in [-0.3, -0.25) is 0 Å². The third kappa shape index (κ3) is 3.94. The first kappa shape index (κ1) is 15.3. The summed E-state index contributed by atoms with van der Waals surface area (Å²) in [5.41, 5.74) is -0.271. The Labute approximate surface area is 121 Å². The quantitative estimate of drug-likeness (QED) is 0.873. The van der Waals surface area contributed by atoms with Gasteiger partial charge in [0.05, 0.1) is 11.7 Å². The highest BCUT2D eigenvalue weighted by Crippen LogP contribution is 2.31. The molecule has 0 aliphatic rings. The van der Waals surface area contributed by atoms with Crippen molar-refractivity contribution in [2.75, 3.05) is 5.75 Å². The first-order valence-electron chi connectivity index (χ1n) is 5.64. The Hall–Kier alpha value is -1.12. The summed E-state index contributed by atoms with van der Waals surface area (Å²) in [6, 6.07) is 4.52. The van der Waals surface area contributed by atoms with Gasteiger partial charge in [0.25, 0.3) is 0 Å². The molecule has 0 aliphatic heterocycles. The van der Waals surface area contributed by atoms with Gasteiger partial charge in [0.2, 0.25) is 0 Å². The molecular weight excluding hydrogens is 309 g/mol. The lowest BCUT2D eigenvalue weighted by atomic mass is 10.1. The van der Waals surface area contributed by atoms with E-state index in [-0.39, 0.29) is 0 Å². The second kappa shape index (κ2) is 6.11. The first-order valence-corrected chi connectivity index (χ1v) is 7.44. The van der Waals surface area contributed by atoms with Crippen LogP contribution in [-0.4, -0.2) is 21.1 Å². The largest absolute Gasteiger partial charge is 0.416 e.